The number of ether oxygens (including phenoxy) is 1. The van der Waals surface area contributed by atoms with Gasteiger partial charge >= 0.3 is 0 Å². The zero-order valence-corrected chi connectivity index (χ0v) is 13.6. The normalized spacial score (nSPS) is 11.5. The lowest BCUT2D eigenvalue weighted by molar-refractivity contribution is 0.108. The molecule has 0 saturated carbocycles. The predicted octanol–water partition coefficient (Wildman–Crippen LogP) is 4.04. The molecule has 1 aromatic rings. The Kier molecular flexibility index (Phi) is 8.56. The number of nitrogens with one attached hydrogen (secondary N) is 1. The van der Waals surface area contributed by atoms with Crippen LogP contribution < -0.4 is 5.32 Å². The molecule has 1 N–H and O–H groups in total. The lowest BCUT2D eigenvalue weighted by atomic mass is 10.0. The minimum Gasteiger partial charge on any atom is -0.381 e. The third-order valence-corrected chi connectivity index (χ3v) is 3.09. The first-order chi connectivity index (χ1) is 9.58. The smallest absolute Gasteiger partial charge is 0.0489 e. The van der Waals surface area contributed by atoms with Crippen LogP contribution in [0.4, 0.5) is 0 Å². The van der Waals surface area contributed by atoms with Gasteiger partial charge < -0.3 is 10.1 Å². The molecule has 1 rings (SSSR count). The van der Waals surface area contributed by atoms with Crippen LogP contribution in [0.15, 0.2) is 24.3 Å². The average molecular weight is 277 g/mol. The molecule has 0 aliphatic carbocycles. The second-order valence-electron chi connectivity index (χ2n) is 6.41. The van der Waals surface area contributed by atoms with E-state index in [1.54, 1.807) is 0 Å². The first-order valence-electron chi connectivity index (χ1n) is 7.94. The van der Waals surface area contributed by atoms with E-state index in [2.05, 4.69) is 57.3 Å². The zero-order valence-electron chi connectivity index (χ0n) is 13.6. The van der Waals surface area contributed by atoms with Gasteiger partial charge in [-0.1, -0.05) is 52.0 Å². The van der Waals surface area contributed by atoms with Crippen LogP contribution in [0.3, 0.4) is 0 Å². The molecule has 0 amide bonds. The van der Waals surface area contributed by atoms with E-state index >= 15 is 0 Å². The monoisotopic (exact) mass is 277 g/mol. The van der Waals surface area contributed by atoms with Crippen molar-refractivity contribution in [3.63, 3.8) is 0 Å². The number of benzene rings is 1. The fourth-order valence-corrected chi connectivity index (χ4v) is 2.12. The van der Waals surface area contributed by atoms with E-state index in [-0.39, 0.29) is 0 Å². The fourth-order valence-electron chi connectivity index (χ4n) is 2.12. The Morgan fingerprint density at radius 3 is 2.20 bits per heavy atom. The molecule has 0 unspecified atom stereocenters. The van der Waals surface area contributed by atoms with Crippen LogP contribution in [-0.2, 0) is 17.7 Å². The highest BCUT2D eigenvalue weighted by molar-refractivity contribution is 5.22. The summed E-state index contributed by atoms with van der Waals surface area (Å²) in [6.07, 6.45) is 2.25. The highest BCUT2D eigenvalue weighted by Crippen LogP contribution is 2.09. The summed E-state index contributed by atoms with van der Waals surface area (Å²) in [5, 5.41) is 3.47. The predicted molar refractivity (Wildman–Crippen MR) is 87.0 cm³/mol. The Hall–Kier alpha value is -0.860. The molecule has 0 aliphatic rings. The van der Waals surface area contributed by atoms with E-state index in [0.717, 1.165) is 38.6 Å². The lowest BCUT2D eigenvalue weighted by Gasteiger charge is -2.09. The largest absolute Gasteiger partial charge is 0.381 e. The van der Waals surface area contributed by atoms with Gasteiger partial charge in [-0.3, -0.25) is 0 Å². The van der Waals surface area contributed by atoms with Crippen LogP contribution in [0, 0.1) is 11.8 Å². The highest BCUT2D eigenvalue weighted by atomic mass is 16.5. The van der Waals surface area contributed by atoms with Crippen molar-refractivity contribution >= 4 is 0 Å². The number of hydrogen-bond donors (Lipinski definition) is 1. The van der Waals surface area contributed by atoms with Crippen molar-refractivity contribution in [3.8, 4) is 0 Å². The van der Waals surface area contributed by atoms with E-state index in [1.165, 1.54) is 17.5 Å². The molecule has 20 heavy (non-hydrogen) atoms. The Morgan fingerprint density at radius 1 is 0.950 bits per heavy atom. The summed E-state index contributed by atoms with van der Waals surface area (Å²) in [4.78, 5) is 0. The van der Waals surface area contributed by atoms with Crippen LogP contribution in [0.1, 0.15) is 45.2 Å². The summed E-state index contributed by atoms with van der Waals surface area (Å²) in [6.45, 7) is 12.6. The van der Waals surface area contributed by atoms with Crippen LogP contribution in [0.5, 0.6) is 0 Å². The molecule has 0 spiro atoms. The molecule has 2 nitrogen and oxygen atoms in total. The molecule has 0 fully saturated rings. The minimum atomic E-state index is 0.632. The zero-order chi connectivity index (χ0) is 14.8. The topological polar surface area (TPSA) is 21.3 Å². The van der Waals surface area contributed by atoms with E-state index in [4.69, 9.17) is 4.74 Å². The molecule has 0 aromatic heterocycles. The second kappa shape index (κ2) is 9.95. The van der Waals surface area contributed by atoms with E-state index in [0.29, 0.717) is 5.92 Å². The van der Waals surface area contributed by atoms with Crippen LogP contribution >= 0.6 is 0 Å². The van der Waals surface area contributed by atoms with Crippen LogP contribution in [-0.4, -0.2) is 19.8 Å². The molecule has 0 atom stereocenters. The van der Waals surface area contributed by atoms with Crippen molar-refractivity contribution in [1.29, 1.82) is 0 Å². The van der Waals surface area contributed by atoms with Gasteiger partial charge in [-0.15, -0.1) is 0 Å². The maximum atomic E-state index is 5.56. The van der Waals surface area contributed by atoms with Gasteiger partial charge in [0.05, 0.1) is 0 Å². The van der Waals surface area contributed by atoms with Gasteiger partial charge in [0, 0.05) is 19.8 Å². The molecular formula is C18H31NO. The lowest BCUT2D eigenvalue weighted by Crippen LogP contribution is -2.17. The summed E-state index contributed by atoms with van der Waals surface area (Å²) in [7, 11) is 0. The number of rotatable bonds is 10. The summed E-state index contributed by atoms with van der Waals surface area (Å²) >= 11 is 0. The molecule has 1 aromatic carbocycles. The van der Waals surface area contributed by atoms with Gasteiger partial charge in [0.2, 0.25) is 0 Å². The molecule has 0 bridgehead atoms. The molecule has 0 heterocycles. The standard InChI is InChI=1S/C18H31NO/c1-15(2)12-17-6-8-18(9-7-17)13-19-10-5-11-20-14-16(3)4/h6-9,15-16,19H,5,10-14H2,1-4H3. The molecule has 0 aliphatic heterocycles. The van der Waals surface area contributed by atoms with Gasteiger partial charge in [0.1, 0.15) is 0 Å². The van der Waals surface area contributed by atoms with Gasteiger partial charge in [-0.05, 0) is 42.3 Å². The fraction of sp³-hybridized carbons (Fsp3) is 0.667. The highest BCUT2D eigenvalue weighted by Gasteiger charge is 1.98. The van der Waals surface area contributed by atoms with Crippen molar-refractivity contribution in [2.24, 2.45) is 11.8 Å². The van der Waals surface area contributed by atoms with Crippen molar-refractivity contribution in [2.75, 3.05) is 19.8 Å². The Bertz CT molecular complexity index is 343. The van der Waals surface area contributed by atoms with Gasteiger partial charge in [-0.2, -0.15) is 0 Å². The Balaban J connectivity index is 2.10. The van der Waals surface area contributed by atoms with Crippen LogP contribution in [0.25, 0.3) is 0 Å². The first-order valence-corrected chi connectivity index (χ1v) is 7.94. The summed E-state index contributed by atoms with van der Waals surface area (Å²) in [5.74, 6) is 1.36. The summed E-state index contributed by atoms with van der Waals surface area (Å²) in [6, 6.07) is 8.98. The van der Waals surface area contributed by atoms with Crippen molar-refractivity contribution in [3.05, 3.63) is 35.4 Å². The van der Waals surface area contributed by atoms with Crippen molar-refractivity contribution in [1.82, 2.24) is 5.32 Å². The SMILES string of the molecule is CC(C)COCCCNCc1ccc(CC(C)C)cc1. The maximum absolute atomic E-state index is 5.56. The quantitative estimate of drug-likeness (QED) is 0.652. The molecule has 0 radical (unpaired) electrons. The van der Waals surface area contributed by atoms with Crippen molar-refractivity contribution < 1.29 is 4.74 Å². The van der Waals surface area contributed by atoms with E-state index in [9.17, 15) is 0 Å². The summed E-state index contributed by atoms with van der Waals surface area (Å²) < 4.78 is 5.56. The Morgan fingerprint density at radius 2 is 1.60 bits per heavy atom. The third kappa shape index (κ3) is 8.34. The number of hydrogen-bond acceptors (Lipinski definition) is 2. The van der Waals surface area contributed by atoms with Crippen LogP contribution in [0.2, 0.25) is 0 Å². The Labute approximate surface area is 124 Å². The van der Waals surface area contributed by atoms with Crippen molar-refractivity contribution in [2.45, 2.75) is 47.1 Å². The molecule has 114 valence electrons. The average Bonchev–Trinajstić information content (AvgIpc) is 2.38. The van der Waals surface area contributed by atoms with Gasteiger partial charge in [0.25, 0.3) is 0 Å². The van der Waals surface area contributed by atoms with E-state index < -0.39 is 0 Å². The molecule has 0 saturated heterocycles. The third-order valence-electron chi connectivity index (χ3n) is 3.09. The first kappa shape index (κ1) is 17.2. The summed E-state index contributed by atoms with van der Waals surface area (Å²) in [5.41, 5.74) is 2.80. The molecular weight excluding hydrogens is 246 g/mol. The maximum Gasteiger partial charge on any atom is 0.0489 e. The van der Waals surface area contributed by atoms with Gasteiger partial charge in [0.15, 0.2) is 0 Å². The minimum absolute atomic E-state index is 0.632. The van der Waals surface area contributed by atoms with Gasteiger partial charge in [-0.25, -0.2) is 0 Å². The second-order valence-corrected chi connectivity index (χ2v) is 6.41. The molecule has 2 heteroatoms. The van der Waals surface area contributed by atoms with E-state index in [1.807, 2.05) is 0 Å².